The highest BCUT2D eigenvalue weighted by Gasteiger charge is 2.64. The zero-order chi connectivity index (χ0) is 57.6. The molecule has 24 heteroatoms. The van der Waals surface area contributed by atoms with Gasteiger partial charge in [-0.1, -0.05) is 94.0 Å². The number of ether oxygens (including phenoxy) is 5. The summed E-state index contributed by atoms with van der Waals surface area (Å²) in [4.78, 5) is 102. The summed E-state index contributed by atoms with van der Waals surface area (Å²) in [5.74, 6) is -1.77. The fourth-order valence-electron chi connectivity index (χ4n) is 8.70. The van der Waals surface area contributed by atoms with Crippen molar-refractivity contribution in [2.24, 2.45) is 17.6 Å². The van der Waals surface area contributed by atoms with Crippen LogP contribution in [-0.4, -0.2) is 164 Å². The Balaban J connectivity index is 0.00000208. The number of unbranched alkanes of at least 4 members (excludes halogenated alkanes) is 3. The number of nitrogens with zero attached hydrogens (tertiary/aromatic N) is 2. The number of methoxy groups -OCH3 is 2. The van der Waals surface area contributed by atoms with Crippen LogP contribution in [0.1, 0.15) is 112 Å². The Labute approximate surface area is 462 Å². The lowest BCUT2D eigenvalue weighted by molar-refractivity contribution is -0.162. The van der Waals surface area contributed by atoms with Crippen molar-refractivity contribution in [3.8, 4) is 5.75 Å². The summed E-state index contributed by atoms with van der Waals surface area (Å²) >= 11 is 7.59. The highest BCUT2D eigenvalue weighted by atomic mass is 35.5. The summed E-state index contributed by atoms with van der Waals surface area (Å²) in [6.07, 6.45) is 5.80. The number of nitrogens with two attached hydrogens (primary N) is 1. The number of epoxide rings is 1. The summed E-state index contributed by atoms with van der Waals surface area (Å²) in [7, 11) is 5.81. The summed E-state index contributed by atoms with van der Waals surface area (Å²) in [5.41, 5.74) is 3.60. The Hall–Kier alpha value is -5.46. The van der Waals surface area contributed by atoms with Crippen molar-refractivity contribution >= 4 is 71.2 Å². The maximum Gasteiger partial charge on any atom is 0.409 e. The Kier molecular flexibility index (Phi) is 27.2. The number of carbonyl (C=O) groups excluding carboxylic acids is 8. The molecule has 0 aromatic heterocycles. The summed E-state index contributed by atoms with van der Waals surface area (Å²) in [6.45, 7) is 13.3. The lowest BCUT2D eigenvalue weighted by Crippen LogP contribution is -2.63. The molecule has 77 heavy (non-hydrogen) atoms. The van der Waals surface area contributed by atoms with Crippen molar-refractivity contribution in [2.45, 2.75) is 160 Å². The number of rotatable bonds is 30. The molecule has 9 unspecified atom stereocenters. The van der Waals surface area contributed by atoms with Gasteiger partial charge in [0.05, 0.1) is 37.2 Å². The van der Waals surface area contributed by atoms with Crippen LogP contribution in [-0.2, 0) is 54.1 Å². The van der Waals surface area contributed by atoms with Crippen molar-refractivity contribution in [1.82, 2.24) is 35.8 Å². The van der Waals surface area contributed by atoms with Gasteiger partial charge < -0.3 is 55.4 Å². The number of likely N-dealkylation sites (tertiary alicyclic amines) is 1. The van der Waals surface area contributed by atoms with E-state index in [1.165, 1.54) is 45.0 Å². The molecule has 0 radical (unpaired) electrons. The number of esters is 1. The van der Waals surface area contributed by atoms with Gasteiger partial charge in [-0.25, -0.2) is 14.4 Å². The molecule has 0 saturated carbocycles. The molecule has 4 rings (SSSR count). The lowest BCUT2D eigenvalue weighted by atomic mass is 9.83. The Morgan fingerprint density at radius 3 is 2.32 bits per heavy atom. The normalized spacial score (nSPS) is 22.1. The van der Waals surface area contributed by atoms with Gasteiger partial charge >= 0.3 is 18.1 Å². The maximum atomic E-state index is 13.7. The summed E-state index contributed by atoms with van der Waals surface area (Å²) in [6, 6.07) is 3.36. The fourth-order valence-corrected chi connectivity index (χ4v) is 9.92. The number of likely N-dealkylation sites (N-methyl/N-ethyl adjacent to an activating group) is 1. The Morgan fingerprint density at radius 2 is 1.73 bits per heavy atom. The van der Waals surface area contributed by atoms with Gasteiger partial charge in [0.15, 0.2) is 5.72 Å². The van der Waals surface area contributed by atoms with Gasteiger partial charge in [0.1, 0.15) is 35.7 Å². The van der Waals surface area contributed by atoms with E-state index in [0.717, 1.165) is 53.9 Å². The number of hydrogen-bond donors (Lipinski definition) is 7. The number of cyclic esters (lactones) is 1. The van der Waals surface area contributed by atoms with Crippen LogP contribution in [0.2, 0.25) is 5.02 Å². The molecule has 0 spiro atoms. The topological polar surface area (TPSA) is 299 Å². The number of carbonyl (C=O) groups is 8. The van der Waals surface area contributed by atoms with Crippen LogP contribution in [0.5, 0.6) is 5.75 Å². The smallest absolute Gasteiger partial charge is 0.409 e. The van der Waals surface area contributed by atoms with Gasteiger partial charge in [-0.2, -0.15) is 0 Å². The molecule has 8 N–H and O–H groups in total. The molecule has 1 aromatic carbocycles. The first-order chi connectivity index (χ1) is 36.3. The molecule has 22 nitrogen and oxygen atoms in total. The fraction of sp³-hybridized carbons (Fsp3) is 0.660. The van der Waals surface area contributed by atoms with E-state index in [-0.39, 0.29) is 43.0 Å². The van der Waals surface area contributed by atoms with E-state index in [2.05, 4.69) is 26.0 Å². The van der Waals surface area contributed by atoms with E-state index in [0.29, 0.717) is 43.1 Å². The second kappa shape index (κ2) is 31.8. The SMILES string of the molecule is CCCNC(N)=O.CNC(=O)CC(OC(=O)C(C)N(C)C(=O)CNC(=O)C(NSCCCCCCN1C(=O)CCC1=O)C(C)C)C1(C)OC1C(C)C1CC(O)(C(/C=C/C=C(\C)Cc2ccc(Cl)c(OC)c2)OC)NC(=O)O1. The highest BCUT2D eigenvalue weighted by Crippen LogP contribution is 2.49. The van der Waals surface area contributed by atoms with Crippen molar-refractivity contribution in [1.29, 1.82) is 0 Å². The molecule has 9 atom stereocenters. The van der Waals surface area contributed by atoms with E-state index < -0.39 is 83.7 Å². The van der Waals surface area contributed by atoms with Crippen molar-refractivity contribution in [3.05, 3.63) is 52.6 Å². The van der Waals surface area contributed by atoms with Crippen LogP contribution >= 0.6 is 23.5 Å². The summed E-state index contributed by atoms with van der Waals surface area (Å²) < 4.78 is 32.0. The minimum Gasteiger partial charge on any atom is -0.495 e. The molecule has 3 aliphatic rings. The van der Waals surface area contributed by atoms with E-state index in [1.54, 1.807) is 39.2 Å². The van der Waals surface area contributed by atoms with Gasteiger partial charge in [-0.15, -0.1) is 0 Å². The minimum atomic E-state index is -1.88. The van der Waals surface area contributed by atoms with Crippen LogP contribution in [0.4, 0.5) is 9.59 Å². The quantitative estimate of drug-likeness (QED) is 0.0140. The molecule has 3 saturated heterocycles. The minimum absolute atomic E-state index is 0.102. The zero-order valence-electron chi connectivity index (χ0n) is 46.5. The number of imide groups is 1. The number of amides is 8. The Morgan fingerprint density at radius 1 is 1.05 bits per heavy atom. The number of hydrogen-bond acceptors (Lipinski definition) is 16. The molecule has 8 amide bonds. The number of nitrogens with one attached hydrogen (secondary N) is 5. The standard InChI is InChI=1S/C49H73ClN6O13S.C4H10N2O/c1-29(2)43(54-70-23-14-12-11-13-22-56-40(58)20-21-41(56)59)45(61)52-28-42(60)55(8)32(5)46(62)68-38(26-39(57)51-7)48(6)44(69-48)31(4)36-27-49(64,53-47(63)67-36)37(66-10)17-15-16-30(3)24-33-18-19-34(50)35(25-33)65-9;1-2-3-6-4(5)7/h15-19,25,29,31-32,36-38,43-44,54,64H,11-14,20-24,26-28H2,1-10H3,(H,51,57)(H,52,61)(H,53,63);2-3H2,1H3,(H3,5,6,7)/b17-15+,30-16+;. The molecule has 1 aromatic rings. The zero-order valence-corrected chi connectivity index (χ0v) is 48.1. The monoisotopic (exact) mass is 1120 g/mol. The number of allylic oxidation sites excluding steroid dienone is 3. The van der Waals surface area contributed by atoms with Crippen molar-refractivity contribution in [3.63, 3.8) is 0 Å². The molecular weight excluding hydrogens is 1040 g/mol. The third-order valence-corrected chi connectivity index (χ3v) is 14.9. The molecule has 3 fully saturated rings. The number of halogens is 1. The van der Waals surface area contributed by atoms with Gasteiger partial charge in [0.2, 0.25) is 29.5 Å². The first-order valence-electron chi connectivity index (χ1n) is 26.1. The van der Waals surface area contributed by atoms with Gasteiger partial charge in [0, 0.05) is 65.2 Å². The number of alkyl carbamates (subject to hydrolysis) is 1. The lowest BCUT2D eigenvalue weighted by Gasteiger charge is -2.42. The maximum absolute atomic E-state index is 13.7. The second-order valence-electron chi connectivity index (χ2n) is 20.0. The second-order valence-corrected chi connectivity index (χ2v) is 21.4. The van der Waals surface area contributed by atoms with Crippen LogP contribution in [0.3, 0.4) is 0 Å². The predicted octanol–water partition coefficient (Wildman–Crippen LogP) is 4.44. The molecule has 0 bridgehead atoms. The Bertz CT molecular complexity index is 2240. The molecule has 432 valence electrons. The van der Waals surface area contributed by atoms with E-state index in [9.17, 15) is 43.5 Å². The average molecular weight is 1120 g/mol. The van der Waals surface area contributed by atoms with E-state index in [4.69, 9.17) is 41.0 Å². The van der Waals surface area contributed by atoms with Crippen molar-refractivity contribution < 1.29 is 67.1 Å². The van der Waals surface area contributed by atoms with Crippen LogP contribution in [0, 0.1) is 11.8 Å². The van der Waals surface area contributed by atoms with E-state index in [1.807, 2.05) is 45.9 Å². The van der Waals surface area contributed by atoms with Crippen LogP contribution in [0.15, 0.2) is 42.0 Å². The van der Waals surface area contributed by atoms with Gasteiger partial charge in [0.25, 0.3) is 0 Å². The molecule has 3 heterocycles. The number of benzene rings is 1. The van der Waals surface area contributed by atoms with Gasteiger partial charge in [-0.05, 0) is 70.1 Å². The van der Waals surface area contributed by atoms with Crippen molar-refractivity contribution in [2.75, 3.05) is 53.7 Å². The average Bonchev–Trinajstić information content (AvgIpc) is 3.99. The predicted molar refractivity (Wildman–Crippen MR) is 291 cm³/mol. The van der Waals surface area contributed by atoms with Crippen LogP contribution < -0.4 is 36.5 Å². The van der Waals surface area contributed by atoms with E-state index >= 15 is 0 Å². The number of aliphatic hydroxyl groups is 1. The summed E-state index contributed by atoms with van der Waals surface area (Å²) in [5, 5.41) is 22.5. The first-order valence-corrected chi connectivity index (χ1v) is 27.5. The van der Waals surface area contributed by atoms with Crippen LogP contribution in [0.25, 0.3) is 0 Å². The highest BCUT2D eigenvalue weighted by molar-refractivity contribution is 7.97. The number of urea groups is 1. The molecule has 3 aliphatic heterocycles. The largest absolute Gasteiger partial charge is 0.495 e. The third kappa shape index (κ3) is 20.4. The van der Waals surface area contributed by atoms with Gasteiger partial charge in [-0.3, -0.25) is 38.9 Å². The molecular formula is C53H83ClN8O14S. The first kappa shape index (κ1) is 65.8. The molecule has 0 aliphatic carbocycles. The number of primary amides is 1. The third-order valence-electron chi connectivity index (χ3n) is 13.6.